The number of aromatic nitrogens is 6. The molecule has 4 aromatic heterocycles. The number of hydrogen-bond donors (Lipinski definition) is 3. The van der Waals surface area contributed by atoms with Gasteiger partial charge in [0, 0.05) is 35.9 Å². The fourth-order valence-electron chi connectivity index (χ4n) is 3.33. The standard InChI is InChI=1S/C25H17N7O2/c33-21(14-22-27-12-13-28-22)18-6-2-7-19-23(18)31-25(30-19)32-24(34)20-8-1-5-17(29-20)10-9-16-4-3-11-26-15-16/h1-8,11-13,15H,14H2,(H,27,28)(H2,30,31,32,34). The molecule has 1 aromatic carbocycles. The molecule has 0 aliphatic carbocycles. The number of anilines is 1. The summed E-state index contributed by atoms with van der Waals surface area (Å²) in [7, 11) is 0. The maximum atomic E-state index is 12.8. The van der Waals surface area contributed by atoms with Crippen LogP contribution in [0.5, 0.6) is 0 Å². The summed E-state index contributed by atoms with van der Waals surface area (Å²) < 4.78 is 0. The van der Waals surface area contributed by atoms with Gasteiger partial charge in [0.2, 0.25) is 5.95 Å². The van der Waals surface area contributed by atoms with Crippen LogP contribution in [-0.4, -0.2) is 41.6 Å². The first-order chi connectivity index (χ1) is 16.7. The number of ketones is 1. The highest BCUT2D eigenvalue weighted by atomic mass is 16.2. The zero-order valence-corrected chi connectivity index (χ0v) is 17.7. The third kappa shape index (κ3) is 4.56. The predicted molar refractivity (Wildman–Crippen MR) is 125 cm³/mol. The highest BCUT2D eigenvalue weighted by Gasteiger charge is 2.17. The summed E-state index contributed by atoms with van der Waals surface area (Å²) in [5.74, 6) is 6.10. The van der Waals surface area contributed by atoms with Gasteiger partial charge in [-0.05, 0) is 42.3 Å². The lowest BCUT2D eigenvalue weighted by atomic mass is 10.1. The van der Waals surface area contributed by atoms with Crippen molar-refractivity contribution in [3.8, 4) is 11.8 Å². The smallest absolute Gasteiger partial charge is 0.276 e. The van der Waals surface area contributed by atoms with Crippen molar-refractivity contribution >= 4 is 28.7 Å². The highest BCUT2D eigenvalue weighted by molar-refractivity contribution is 6.08. The number of Topliss-reactive ketones (excluding diaryl/α,β-unsaturated/α-hetero) is 1. The fraction of sp³-hybridized carbons (Fsp3) is 0.0400. The van der Waals surface area contributed by atoms with E-state index in [9.17, 15) is 9.59 Å². The number of imidazole rings is 2. The number of para-hydroxylation sites is 1. The Bertz CT molecular complexity index is 1540. The Balaban J connectivity index is 1.35. The molecule has 9 nitrogen and oxygen atoms in total. The normalized spacial score (nSPS) is 10.5. The number of H-pyrrole nitrogens is 2. The molecular formula is C25H17N7O2. The van der Waals surface area contributed by atoms with E-state index in [0.29, 0.717) is 28.1 Å². The first-order valence-electron chi connectivity index (χ1n) is 10.4. The van der Waals surface area contributed by atoms with E-state index in [1.54, 1.807) is 67.3 Å². The van der Waals surface area contributed by atoms with Crippen LogP contribution in [0, 0.1) is 11.8 Å². The van der Waals surface area contributed by atoms with E-state index in [0.717, 1.165) is 5.56 Å². The Hall–Kier alpha value is -5.10. The van der Waals surface area contributed by atoms with Gasteiger partial charge >= 0.3 is 0 Å². The Morgan fingerprint density at radius 3 is 2.71 bits per heavy atom. The summed E-state index contributed by atoms with van der Waals surface area (Å²) in [5, 5.41) is 2.70. The molecule has 0 aliphatic rings. The van der Waals surface area contributed by atoms with Crippen LogP contribution in [0.3, 0.4) is 0 Å². The van der Waals surface area contributed by atoms with Crippen molar-refractivity contribution in [1.82, 2.24) is 29.9 Å². The quantitative estimate of drug-likeness (QED) is 0.280. The maximum absolute atomic E-state index is 12.8. The molecule has 0 bridgehead atoms. The first kappa shape index (κ1) is 20.8. The molecule has 0 spiro atoms. The fourth-order valence-corrected chi connectivity index (χ4v) is 3.33. The number of amides is 1. The lowest BCUT2D eigenvalue weighted by molar-refractivity contribution is 0.0990. The summed E-state index contributed by atoms with van der Waals surface area (Å²) in [6, 6.07) is 13.9. The molecule has 0 unspecified atom stereocenters. The third-order valence-electron chi connectivity index (χ3n) is 4.91. The number of nitrogens with one attached hydrogen (secondary N) is 3. The van der Waals surface area contributed by atoms with Gasteiger partial charge in [-0.1, -0.05) is 18.1 Å². The second-order valence-corrected chi connectivity index (χ2v) is 7.28. The lowest BCUT2D eigenvalue weighted by Gasteiger charge is -2.01. The molecule has 4 heterocycles. The average Bonchev–Trinajstić information content (AvgIpc) is 3.52. The average molecular weight is 447 g/mol. The molecule has 5 aromatic rings. The number of hydrogen-bond acceptors (Lipinski definition) is 6. The van der Waals surface area contributed by atoms with Gasteiger partial charge in [0.05, 0.1) is 11.9 Å². The van der Waals surface area contributed by atoms with Crippen molar-refractivity contribution < 1.29 is 9.59 Å². The molecule has 5 rings (SSSR count). The Morgan fingerprint density at radius 1 is 0.971 bits per heavy atom. The van der Waals surface area contributed by atoms with Crippen molar-refractivity contribution in [2.75, 3.05) is 5.32 Å². The van der Waals surface area contributed by atoms with Gasteiger partial charge in [0.15, 0.2) is 5.78 Å². The predicted octanol–water partition coefficient (Wildman–Crippen LogP) is 3.15. The van der Waals surface area contributed by atoms with E-state index in [-0.39, 0.29) is 23.8 Å². The maximum Gasteiger partial charge on any atom is 0.276 e. The zero-order valence-electron chi connectivity index (χ0n) is 17.7. The minimum Gasteiger partial charge on any atom is -0.348 e. The molecule has 0 atom stereocenters. The summed E-state index contributed by atoms with van der Waals surface area (Å²) >= 11 is 0. The van der Waals surface area contributed by atoms with Gasteiger partial charge in [-0.25, -0.2) is 15.0 Å². The van der Waals surface area contributed by atoms with E-state index in [4.69, 9.17) is 0 Å². The Morgan fingerprint density at radius 2 is 1.88 bits per heavy atom. The van der Waals surface area contributed by atoms with Crippen molar-refractivity contribution in [1.29, 1.82) is 0 Å². The van der Waals surface area contributed by atoms with Gasteiger partial charge in [-0.2, -0.15) is 0 Å². The summed E-state index contributed by atoms with van der Waals surface area (Å²) in [5.41, 5.74) is 2.93. The van der Waals surface area contributed by atoms with Crippen molar-refractivity contribution in [3.05, 3.63) is 102 Å². The van der Waals surface area contributed by atoms with Crippen LogP contribution >= 0.6 is 0 Å². The van der Waals surface area contributed by atoms with Crippen LogP contribution in [0.15, 0.2) is 73.3 Å². The largest absolute Gasteiger partial charge is 0.348 e. The molecule has 164 valence electrons. The number of rotatable bonds is 5. The van der Waals surface area contributed by atoms with Crippen LogP contribution in [0.4, 0.5) is 5.95 Å². The summed E-state index contributed by atoms with van der Waals surface area (Å²) in [6.45, 7) is 0. The molecular weight excluding hydrogens is 430 g/mol. The monoisotopic (exact) mass is 447 g/mol. The van der Waals surface area contributed by atoms with E-state index in [2.05, 4.69) is 47.1 Å². The molecule has 34 heavy (non-hydrogen) atoms. The molecule has 0 fully saturated rings. The zero-order chi connectivity index (χ0) is 23.3. The van der Waals surface area contributed by atoms with Crippen LogP contribution in [-0.2, 0) is 6.42 Å². The second-order valence-electron chi connectivity index (χ2n) is 7.28. The van der Waals surface area contributed by atoms with Crippen molar-refractivity contribution in [3.63, 3.8) is 0 Å². The number of nitrogens with zero attached hydrogens (tertiary/aromatic N) is 4. The molecule has 0 saturated carbocycles. The van der Waals surface area contributed by atoms with Crippen LogP contribution < -0.4 is 5.32 Å². The Kier molecular flexibility index (Phi) is 5.61. The number of pyridine rings is 2. The number of fused-ring (bicyclic) bond motifs is 1. The number of benzene rings is 1. The third-order valence-corrected chi connectivity index (χ3v) is 4.91. The SMILES string of the molecule is O=C(Nc1nc2c(C(=O)Cc3ncc[nH]3)cccc2[nH]1)c1cccc(C#Cc2cccnc2)n1. The molecule has 9 heteroatoms. The van der Waals surface area contributed by atoms with Gasteiger partial charge in [0.25, 0.3) is 5.91 Å². The second kappa shape index (κ2) is 9.18. The number of carbonyl (C=O) groups excluding carboxylic acids is 2. The van der Waals surface area contributed by atoms with Crippen LogP contribution in [0.25, 0.3) is 11.0 Å². The number of carbonyl (C=O) groups is 2. The minimum atomic E-state index is -0.451. The topological polar surface area (TPSA) is 129 Å². The van der Waals surface area contributed by atoms with Crippen molar-refractivity contribution in [2.24, 2.45) is 0 Å². The van der Waals surface area contributed by atoms with Gasteiger partial charge < -0.3 is 9.97 Å². The van der Waals surface area contributed by atoms with Crippen LogP contribution in [0.1, 0.15) is 37.9 Å². The van der Waals surface area contributed by atoms with Crippen LogP contribution in [0.2, 0.25) is 0 Å². The molecule has 0 aliphatic heterocycles. The molecule has 0 saturated heterocycles. The molecule has 1 amide bonds. The van der Waals surface area contributed by atoms with E-state index in [1.165, 1.54) is 0 Å². The summed E-state index contributed by atoms with van der Waals surface area (Å²) in [4.78, 5) is 48.3. The number of aromatic amines is 2. The highest BCUT2D eigenvalue weighted by Crippen LogP contribution is 2.20. The lowest BCUT2D eigenvalue weighted by Crippen LogP contribution is -2.15. The summed E-state index contributed by atoms with van der Waals surface area (Å²) in [6.07, 6.45) is 6.71. The van der Waals surface area contributed by atoms with E-state index in [1.807, 2.05) is 6.07 Å². The van der Waals surface area contributed by atoms with Gasteiger partial charge in [-0.15, -0.1) is 0 Å². The Labute approximate surface area is 193 Å². The van der Waals surface area contributed by atoms with Gasteiger partial charge in [0.1, 0.15) is 22.7 Å². The van der Waals surface area contributed by atoms with E-state index >= 15 is 0 Å². The van der Waals surface area contributed by atoms with E-state index < -0.39 is 5.91 Å². The molecule has 3 N–H and O–H groups in total. The molecule has 0 radical (unpaired) electrons. The minimum absolute atomic E-state index is 0.122. The van der Waals surface area contributed by atoms with Gasteiger partial charge in [-0.3, -0.25) is 19.9 Å². The van der Waals surface area contributed by atoms with Crippen molar-refractivity contribution in [2.45, 2.75) is 6.42 Å². The first-order valence-corrected chi connectivity index (χ1v) is 10.4.